The third-order valence-corrected chi connectivity index (χ3v) is 4.26. The lowest BCUT2D eigenvalue weighted by Crippen LogP contribution is -2.37. The maximum absolute atomic E-state index is 12.9. The Morgan fingerprint density at radius 3 is 2.73 bits per heavy atom. The summed E-state index contributed by atoms with van der Waals surface area (Å²) in [6, 6.07) is 6.73. The molecule has 0 aromatic heterocycles. The highest BCUT2D eigenvalue weighted by molar-refractivity contribution is 7.84. The Hall–Kier alpha value is -1.54. The molecule has 9 heteroatoms. The van der Waals surface area contributed by atoms with Crippen LogP contribution in [0.3, 0.4) is 0 Å². The number of hydrogen-bond acceptors (Lipinski definition) is 4. The standard InChI is InChI=1S/C13H13ClF3N3OS/c1-22(21)9-4-2-3-8(5-9)6-20-7-10(13(15,16)17)11(18)19-12(20)14/h2-5,7,12H,6H2,1H3,(H2,18,19). The van der Waals surface area contributed by atoms with Gasteiger partial charge in [-0.2, -0.15) is 13.2 Å². The summed E-state index contributed by atoms with van der Waals surface area (Å²) in [4.78, 5) is 5.41. The zero-order chi connectivity index (χ0) is 16.5. The molecule has 1 heterocycles. The van der Waals surface area contributed by atoms with Crippen LogP contribution >= 0.6 is 11.6 Å². The Bertz CT molecular complexity index is 660. The van der Waals surface area contributed by atoms with Gasteiger partial charge in [-0.05, 0) is 17.7 Å². The minimum atomic E-state index is -4.60. The van der Waals surface area contributed by atoms with Crippen molar-refractivity contribution in [2.45, 2.75) is 23.2 Å². The van der Waals surface area contributed by atoms with E-state index in [0.717, 1.165) is 6.20 Å². The van der Waals surface area contributed by atoms with Crippen LogP contribution in [0.5, 0.6) is 0 Å². The molecular formula is C13H13ClF3N3OS. The molecule has 1 aliphatic rings. The van der Waals surface area contributed by atoms with Crippen molar-refractivity contribution in [3.05, 3.63) is 41.6 Å². The first-order chi connectivity index (χ1) is 10.2. The van der Waals surface area contributed by atoms with Gasteiger partial charge in [0.25, 0.3) is 0 Å². The summed E-state index contributed by atoms with van der Waals surface area (Å²) in [7, 11) is -1.18. The fourth-order valence-corrected chi connectivity index (χ4v) is 2.74. The normalized spacial score (nSPS) is 20.4. The van der Waals surface area contributed by atoms with Gasteiger partial charge in [0, 0.05) is 34.7 Å². The van der Waals surface area contributed by atoms with E-state index >= 15 is 0 Å². The van der Waals surface area contributed by atoms with Crippen molar-refractivity contribution in [2.75, 3.05) is 6.26 Å². The predicted molar refractivity (Wildman–Crippen MR) is 79.7 cm³/mol. The van der Waals surface area contributed by atoms with E-state index in [0.29, 0.717) is 10.5 Å². The quantitative estimate of drug-likeness (QED) is 0.672. The lowest BCUT2D eigenvalue weighted by Gasteiger charge is -2.29. The van der Waals surface area contributed by atoms with E-state index in [1.165, 1.54) is 11.2 Å². The summed E-state index contributed by atoms with van der Waals surface area (Å²) < 4.78 is 50.0. The molecule has 22 heavy (non-hydrogen) atoms. The molecule has 2 N–H and O–H groups in total. The molecular weight excluding hydrogens is 339 g/mol. The van der Waals surface area contributed by atoms with Gasteiger partial charge in [-0.1, -0.05) is 23.7 Å². The van der Waals surface area contributed by atoms with Crippen molar-refractivity contribution in [3.8, 4) is 0 Å². The summed E-state index contributed by atoms with van der Waals surface area (Å²) in [6.07, 6.45) is -2.22. The first kappa shape index (κ1) is 16.8. The summed E-state index contributed by atoms with van der Waals surface area (Å²) >= 11 is 5.93. The highest BCUT2D eigenvalue weighted by atomic mass is 35.5. The van der Waals surface area contributed by atoms with Crippen LogP contribution < -0.4 is 5.73 Å². The molecule has 0 saturated heterocycles. The number of rotatable bonds is 3. The van der Waals surface area contributed by atoms with Gasteiger partial charge in [0.2, 0.25) is 0 Å². The second-order valence-corrected chi connectivity index (χ2v) is 6.41. The average Bonchev–Trinajstić information content (AvgIpc) is 2.40. The number of hydrogen-bond donors (Lipinski definition) is 1. The summed E-state index contributed by atoms with van der Waals surface area (Å²) in [5.74, 6) is -0.632. The molecule has 0 fully saturated rings. The van der Waals surface area contributed by atoms with Crippen molar-refractivity contribution >= 4 is 28.2 Å². The largest absolute Gasteiger partial charge is 0.421 e. The Kier molecular flexibility index (Phi) is 4.81. The molecule has 4 nitrogen and oxygen atoms in total. The molecule has 2 atom stereocenters. The minimum absolute atomic E-state index is 0.0928. The molecule has 0 amide bonds. The Morgan fingerprint density at radius 1 is 1.45 bits per heavy atom. The summed E-state index contributed by atoms with van der Waals surface area (Å²) in [6.45, 7) is 0.0928. The van der Waals surface area contributed by atoms with Crippen LogP contribution in [0.25, 0.3) is 0 Å². The lowest BCUT2D eigenvalue weighted by molar-refractivity contribution is -0.0877. The van der Waals surface area contributed by atoms with Crippen molar-refractivity contribution < 1.29 is 17.4 Å². The zero-order valence-corrected chi connectivity index (χ0v) is 13.0. The molecule has 1 aromatic rings. The molecule has 2 unspecified atom stereocenters. The fourth-order valence-electron chi connectivity index (χ4n) is 1.92. The van der Waals surface area contributed by atoms with Crippen molar-refractivity contribution in [3.63, 3.8) is 0 Å². The van der Waals surface area contributed by atoms with Gasteiger partial charge in [0.1, 0.15) is 11.4 Å². The maximum atomic E-state index is 12.9. The van der Waals surface area contributed by atoms with E-state index < -0.39 is 34.0 Å². The van der Waals surface area contributed by atoms with Crippen LogP contribution in [0.2, 0.25) is 0 Å². The Labute approximate surface area is 132 Å². The number of benzene rings is 1. The first-order valence-electron chi connectivity index (χ1n) is 6.13. The van der Waals surface area contributed by atoms with Gasteiger partial charge in [0.05, 0.1) is 0 Å². The van der Waals surface area contributed by atoms with Gasteiger partial charge in [0.15, 0.2) is 5.62 Å². The number of halogens is 4. The van der Waals surface area contributed by atoms with Gasteiger partial charge in [-0.3, -0.25) is 4.21 Å². The van der Waals surface area contributed by atoms with Crippen LogP contribution in [-0.4, -0.2) is 33.0 Å². The van der Waals surface area contributed by atoms with Gasteiger partial charge < -0.3 is 10.6 Å². The molecule has 0 saturated carbocycles. The molecule has 2 rings (SSSR count). The predicted octanol–water partition coefficient (Wildman–Crippen LogP) is 2.57. The molecule has 0 aliphatic carbocycles. The van der Waals surface area contributed by atoms with Crippen molar-refractivity contribution in [1.82, 2.24) is 4.90 Å². The van der Waals surface area contributed by atoms with Crippen LogP contribution in [0.1, 0.15) is 5.56 Å². The molecule has 1 aromatic carbocycles. The van der Waals surface area contributed by atoms with E-state index in [1.54, 1.807) is 24.3 Å². The molecule has 120 valence electrons. The number of aliphatic imine (C=N–C) groups is 1. The fraction of sp³-hybridized carbons (Fsp3) is 0.308. The van der Waals surface area contributed by atoms with Gasteiger partial charge in [-0.15, -0.1) is 0 Å². The smallest absolute Gasteiger partial charge is 0.383 e. The monoisotopic (exact) mass is 351 g/mol. The van der Waals surface area contributed by atoms with E-state index in [-0.39, 0.29) is 6.54 Å². The topological polar surface area (TPSA) is 58.7 Å². The van der Waals surface area contributed by atoms with Crippen LogP contribution in [-0.2, 0) is 17.3 Å². The average molecular weight is 352 g/mol. The molecule has 1 aliphatic heterocycles. The number of amidine groups is 1. The third kappa shape index (κ3) is 3.80. The lowest BCUT2D eigenvalue weighted by atomic mass is 10.2. The van der Waals surface area contributed by atoms with E-state index in [9.17, 15) is 17.4 Å². The summed E-state index contributed by atoms with van der Waals surface area (Å²) in [5.41, 5.74) is 3.90. The molecule has 0 bridgehead atoms. The maximum Gasteiger partial charge on any atom is 0.421 e. The third-order valence-electron chi connectivity index (χ3n) is 2.99. The minimum Gasteiger partial charge on any atom is -0.383 e. The number of nitrogens with two attached hydrogens (primary N) is 1. The summed E-state index contributed by atoms with van der Waals surface area (Å²) in [5, 5.41) is 0. The van der Waals surface area contributed by atoms with Crippen LogP contribution in [0.4, 0.5) is 13.2 Å². The second-order valence-electron chi connectivity index (χ2n) is 4.64. The highest BCUT2D eigenvalue weighted by Crippen LogP contribution is 2.30. The molecule has 0 spiro atoms. The Morgan fingerprint density at radius 2 is 2.14 bits per heavy atom. The first-order valence-corrected chi connectivity index (χ1v) is 8.13. The van der Waals surface area contributed by atoms with Gasteiger partial charge in [-0.25, -0.2) is 4.99 Å². The van der Waals surface area contributed by atoms with Gasteiger partial charge >= 0.3 is 6.18 Å². The van der Waals surface area contributed by atoms with E-state index in [2.05, 4.69) is 4.99 Å². The number of alkyl halides is 4. The highest BCUT2D eigenvalue weighted by Gasteiger charge is 2.39. The van der Waals surface area contributed by atoms with E-state index in [4.69, 9.17) is 17.3 Å². The molecule has 0 radical (unpaired) electrons. The number of nitrogens with zero attached hydrogens (tertiary/aromatic N) is 2. The van der Waals surface area contributed by atoms with Crippen molar-refractivity contribution in [1.29, 1.82) is 0 Å². The van der Waals surface area contributed by atoms with Crippen molar-refractivity contribution in [2.24, 2.45) is 10.7 Å². The van der Waals surface area contributed by atoms with Crippen LogP contribution in [0.15, 0.2) is 45.9 Å². The SMILES string of the molecule is CS(=O)c1cccc(CN2C=C(C(F)(F)F)C(N)=NC2Cl)c1. The Balaban J connectivity index is 2.27. The zero-order valence-electron chi connectivity index (χ0n) is 11.5. The second kappa shape index (κ2) is 6.29. The van der Waals surface area contributed by atoms with E-state index in [1.807, 2.05) is 0 Å². The van der Waals surface area contributed by atoms with Crippen LogP contribution in [0, 0.1) is 0 Å².